The number of anilines is 1. The van der Waals surface area contributed by atoms with Gasteiger partial charge in [-0.2, -0.15) is 4.31 Å². The molecule has 0 fully saturated rings. The first-order valence-electron chi connectivity index (χ1n) is 10.9. The molecule has 11 heteroatoms. The SMILES string of the molecule is Cc1cc(C)c(S(=O)(=O)N(CC(=O)Nc2cc([N+](=O)[O-])ccc2C)Cc2ccc(Cl)c(Cl)c2)c(C)c1. The van der Waals surface area contributed by atoms with Crippen molar-refractivity contribution in [1.29, 1.82) is 0 Å². The third-order valence-electron chi connectivity index (χ3n) is 5.57. The van der Waals surface area contributed by atoms with Crippen LogP contribution in [0.5, 0.6) is 0 Å². The number of sulfonamides is 1. The van der Waals surface area contributed by atoms with E-state index in [1.807, 2.05) is 6.92 Å². The first-order valence-corrected chi connectivity index (χ1v) is 13.1. The molecule has 0 aliphatic rings. The smallest absolute Gasteiger partial charge is 0.271 e. The summed E-state index contributed by atoms with van der Waals surface area (Å²) >= 11 is 12.1. The Hall–Kier alpha value is -2.98. The van der Waals surface area contributed by atoms with Crippen molar-refractivity contribution < 1.29 is 18.1 Å². The van der Waals surface area contributed by atoms with Crippen LogP contribution < -0.4 is 5.32 Å². The van der Waals surface area contributed by atoms with Crippen molar-refractivity contribution in [2.45, 2.75) is 39.1 Å². The Morgan fingerprint density at radius 1 is 0.944 bits per heavy atom. The van der Waals surface area contributed by atoms with Gasteiger partial charge in [0.2, 0.25) is 15.9 Å². The summed E-state index contributed by atoms with van der Waals surface area (Å²) in [6.45, 7) is 6.29. The van der Waals surface area contributed by atoms with E-state index in [9.17, 15) is 23.3 Å². The molecule has 0 saturated heterocycles. The van der Waals surface area contributed by atoms with Crippen molar-refractivity contribution >= 4 is 50.5 Å². The number of nitrogens with zero attached hydrogens (tertiary/aromatic N) is 2. The maximum atomic E-state index is 13.8. The number of nitrogens with one attached hydrogen (secondary N) is 1. The Balaban J connectivity index is 2.00. The average Bonchev–Trinajstić information content (AvgIpc) is 2.76. The van der Waals surface area contributed by atoms with E-state index in [2.05, 4.69) is 5.32 Å². The van der Waals surface area contributed by atoms with E-state index in [0.29, 0.717) is 27.3 Å². The molecule has 3 rings (SSSR count). The molecule has 0 heterocycles. The largest absolute Gasteiger partial charge is 0.324 e. The number of carbonyl (C=O) groups is 1. The van der Waals surface area contributed by atoms with Crippen molar-refractivity contribution in [1.82, 2.24) is 4.31 Å². The Kier molecular flexibility index (Phi) is 8.40. The molecule has 1 N–H and O–H groups in total. The van der Waals surface area contributed by atoms with Crippen LogP contribution in [0.25, 0.3) is 0 Å². The number of nitro groups is 1. The summed E-state index contributed by atoms with van der Waals surface area (Å²) in [4.78, 5) is 23.7. The van der Waals surface area contributed by atoms with Crippen molar-refractivity contribution in [2.24, 2.45) is 0 Å². The first kappa shape index (κ1) is 27.6. The fraction of sp³-hybridized carbons (Fsp3) is 0.240. The third kappa shape index (κ3) is 6.22. The highest BCUT2D eigenvalue weighted by molar-refractivity contribution is 7.89. The Bertz CT molecular complexity index is 1440. The predicted octanol–water partition coefficient (Wildman–Crippen LogP) is 5.96. The molecule has 190 valence electrons. The number of hydrogen-bond donors (Lipinski definition) is 1. The number of nitro benzene ring substituents is 1. The molecule has 0 aromatic heterocycles. The van der Waals surface area contributed by atoms with Gasteiger partial charge in [-0.25, -0.2) is 8.42 Å². The van der Waals surface area contributed by atoms with Gasteiger partial charge in [0, 0.05) is 18.7 Å². The lowest BCUT2D eigenvalue weighted by Crippen LogP contribution is -2.38. The second-order valence-corrected chi connectivity index (χ2v) is 11.2. The molecule has 3 aromatic rings. The van der Waals surface area contributed by atoms with Crippen molar-refractivity contribution in [3.8, 4) is 0 Å². The summed E-state index contributed by atoms with van der Waals surface area (Å²) in [5, 5.41) is 14.3. The zero-order valence-corrected chi connectivity index (χ0v) is 22.5. The number of halogens is 2. The maximum Gasteiger partial charge on any atom is 0.271 e. The van der Waals surface area contributed by atoms with E-state index in [0.717, 1.165) is 9.87 Å². The number of carbonyl (C=O) groups excluding carboxylic acids is 1. The number of aryl methyl sites for hydroxylation is 4. The van der Waals surface area contributed by atoms with Gasteiger partial charge in [-0.15, -0.1) is 0 Å². The normalized spacial score (nSPS) is 11.5. The van der Waals surface area contributed by atoms with Gasteiger partial charge < -0.3 is 5.32 Å². The fourth-order valence-corrected chi connectivity index (χ4v) is 6.10. The van der Waals surface area contributed by atoms with Crippen LogP contribution in [0, 0.1) is 37.8 Å². The summed E-state index contributed by atoms with van der Waals surface area (Å²) in [6, 6.07) is 12.3. The van der Waals surface area contributed by atoms with Crippen LogP contribution in [0.3, 0.4) is 0 Å². The van der Waals surface area contributed by atoms with E-state index in [1.54, 1.807) is 51.1 Å². The molecule has 1 amide bonds. The summed E-state index contributed by atoms with van der Waals surface area (Å²) in [6.07, 6.45) is 0. The van der Waals surface area contributed by atoms with Gasteiger partial charge in [-0.1, -0.05) is 53.0 Å². The second kappa shape index (κ2) is 11.0. The van der Waals surface area contributed by atoms with Crippen LogP contribution in [0.1, 0.15) is 27.8 Å². The molecule has 0 saturated carbocycles. The lowest BCUT2D eigenvalue weighted by atomic mass is 10.1. The van der Waals surface area contributed by atoms with E-state index in [-0.39, 0.29) is 27.8 Å². The van der Waals surface area contributed by atoms with E-state index < -0.39 is 27.4 Å². The number of amides is 1. The predicted molar refractivity (Wildman–Crippen MR) is 141 cm³/mol. The molecule has 0 unspecified atom stereocenters. The molecule has 3 aromatic carbocycles. The summed E-state index contributed by atoms with van der Waals surface area (Å²) < 4.78 is 28.7. The quantitative estimate of drug-likeness (QED) is 0.275. The average molecular weight is 550 g/mol. The topological polar surface area (TPSA) is 110 Å². The lowest BCUT2D eigenvalue weighted by Gasteiger charge is -2.24. The molecule has 8 nitrogen and oxygen atoms in total. The van der Waals surface area contributed by atoms with Gasteiger partial charge in [0.25, 0.3) is 5.69 Å². The second-order valence-electron chi connectivity index (χ2n) is 8.55. The number of non-ortho nitro benzene ring substituents is 1. The molecule has 0 radical (unpaired) electrons. The summed E-state index contributed by atoms with van der Waals surface area (Å²) in [5.74, 6) is -0.648. The van der Waals surface area contributed by atoms with E-state index >= 15 is 0 Å². The number of benzene rings is 3. The van der Waals surface area contributed by atoms with Gasteiger partial charge in [0.15, 0.2) is 0 Å². The maximum absolute atomic E-state index is 13.8. The van der Waals surface area contributed by atoms with Crippen LogP contribution in [0.2, 0.25) is 10.0 Å². The van der Waals surface area contributed by atoms with Crippen LogP contribution in [0.4, 0.5) is 11.4 Å². The standard InChI is InChI=1S/C25H25Cl2N3O5S/c1-15-9-17(3)25(18(4)10-15)36(34,35)29(13-19-6-8-21(26)22(27)11-19)14-24(31)28-23-12-20(30(32)33)7-5-16(23)2/h5-12H,13-14H2,1-4H3,(H,28,31). The minimum absolute atomic E-state index is 0.118. The Morgan fingerprint density at radius 3 is 2.17 bits per heavy atom. The van der Waals surface area contributed by atoms with Gasteiger partial charge in [0.1, 0.15) is 0 Å². The van der Waals surface area contributed by atoms with Gasteiger partial charge in [-0.05, 0) is 62.1 Å². The van der Waals surface area contributed by atoms with Crippen molar-refractivity contribution in [3.05, 3.63) is 96.5 Å². The van der Waals surface area contributed by atoms with Gasteiger partial charge >= 0.3 is 0 Å². The molecular weight excluding hydrogens is 525 g/mol. The highest BCUT2D eigenvalue weighted by Gasteiger charge is 2.30. The molecule has 0 spiro atoms. The Labute approximate surface area is 220 Å². The first-order chi connectivity index (χ1) is 16.8. The molecular formula is C25H25Cl2N3O5S. The molecule has 0 aliphatic carbocycles. The van der Waals surface area contributed by atoms with Crippen molar-refractivity contribution in [2.75, 3.05) is 11.9 Å². The monoisotopic (exact) mass is 549 g/mol. The van der Waals surface area contributed by atoms with Gasteiger partial charge in [0.05, 0.1) is 32.1 Å². The highest BCUT2D eigenvalue weighted by Crippen LogP contribution is 2.29. The highest BCUT2D eigenvalue weighted by atomic mass is 35.5. The number of rotatable bonds is 8. The Morgan fingerprint density at radius 2 is 1.58 bits per heavy atom. The summed E-state index contributed by atoms with van der Waals surface area (Å²) in [5.41, 5.74) is 3.20. The minimum atomic E-state index is -4.13. The molecule has 0 atom stereocenters. The zero-order chi connectivity index (χ0) is 26.8. The summed E-state index contributed by atoms with van der Waals surface area (Å²) in [7, 11) is -4.13. The van der Waals surface area contributed by atoms with Gasteiger partial charge in [-0.3, -0.25) is 14.9 Å². The number of hydrogen-bond acceptors (Lipinski definition) is 5. The van der Waals surface area contributed by atoms with Crippen LogP contribution in [-0.2, 0) is 21.4 Å². The van der Waals surface area contributed by atoms with Crippen LogP contribution in [0.15, 0.2) is 53.4 Å². The van der Waals surface area contributed by atoms with E-state index in [4.69, 9.17) is 23.2 Å². The molecule has 0 aliphatic heterocycles. The fourth-order valence-electron chi connectivity index (χ4n) is 3.98. The van der Waals surface area contributed by atoms with Crippen LogP contribution >= 0.6 is 23.2 Å². The van der Waals surface area contributed by atoms with Crippen LogP contribution in [-0.4, -0.2) is 30.1 Å². The lowest BCUT2D eigenvalue weighted by molar-refractivity contribution is -0.384. The van der Waals surface area contributed by atoms with E-state index in [1.165, 1.54) is 18.2 Å². The minimum Gasteiger partial charge on any atom is -0.324 e. The third-order valence-corrected chi connectivity index (χ3v) is 8.41. The molecule has 36 heavy (non-hydrogen) atoms. The van der Waals surface area contributed by atoms with Crippen molar-refractivity contribution in [3.63, 3.8) is 0 Å². The molecule has 0 bridgehead atoms. The zero-order valence-electron chi connectivity index (χ0n) is 20.1.